The van der Waals surface area contributed by atoms with Crippen LogP contribution in [0, 0.1) is 0 Å². The van der Waals surface area contributed by atoms with Crippen LogP contribution in [0.15, 0.2) is 10.6 Å². The normalized spacial score (nSPS) is 18.9. The van der Waals surface area contributed by atoms with Gasteiger partial charge in [0.2, 0.25) is 0 Å². The second-order valence-corrected chi connectivity index (χ2v) is 3.56. The van der Waals surface area contributed by atoms with Gasteiger partial charge in [0.15, 0.2) is 0 Å². The third-order valence-electron chi connectivity index (χ3n) is 1.78. The van der Waals surface area contributed by atoms with Gasteiger partial charge in [0.1, 0.15) is 0 Å². The Morgan fingerprint density at radius 1 is 1.70 bits per heavy atom. The molecule has 0 bridgehead atoms. The lowest BCUT2D eigenvalue weighted by Crippen LogP contribution is -2.09. The second kappa shape index (κ2) is 3.30. The van der Waals surface area contributed by atoms with Crippen LogP contribution in [0.1, 0.15) is 13.3 Å². The summed E-state index contributed by atoms with van der Waals surface area (Å²) in [6, 6.07) is 0. The van der Waals surface area contributed by atoms with Gasteiger partial charge in [0.05, 0.1) is 5.88 Å². The predicted molar refractivity (Wildman–Crippen MR) is 46.6 cm³/mol. The van der Waals surface area contributed by atoms with Gasteiger partial charge in [-0.3, -0.25) is 0 Å². The minimum atomic E-state index is 0.771. The number of rotatable bonds is 2. The number of allylic oxidation sites excluding steroid dienone is 1. The Balaban J connectivity index is 2.56. The maximum Gasteiger partial charge on any atom is 0.0677 e. The van der Waals surface area contributed by atoms with Crippen molar-refractivity contribution < 1.29 is 0 Å². The van der Waals surface area contributed by atoms with Crippen molar-refractivity contribution in [3.05, 3.63) is 10.6 Å². The first-order valence-corrected chi connectivity index (χ1v) is 4.48. The van der Waals surface area contributed by atoms with Crippen molar-refractivity contribution in [3.63, 3.8) is 0 Å². The van der Waals surface area contributed by atoms with E-state index in [9.17, 15) is 0 Å². The smallest absolute Gasteiger partial charge is 0.0677 e. The third-order valence-corrected chi connectivity index (χ3v) is 3.14. The molecule has 0 atom stereocenters. The predicted octanol–water partition coefficient (Wildman–Crippen LogP) is 1.20. The molecule has 1 rings (SSSR count). The molecule has 0 aliphatic carbocycles. The Morgan fingerprint density at radius 3 is 2.80 bits per heavy atom. The first-order valence-electron chi connectivity index (χ1n) is 3.49. The van der Waals surface area contributed by atoms with Crippen LogP contribution in [0.5, 0.6) is 0 Å². The summed E-state index contributed by atoms with van der Waals surface area (Å²) in [4.78, 5) is 3.72. The Morgan fingerprint density at radius 2 is 2.40 bits per heavy atom. The van der Waals surface area contributed by atoms with Crippen LogP contribution in [0.3, 0.4) is 0 Å². The summed E-state index contributed by atoms with van der Waals surface area (Å²) in [5, 5.41) is 0. The molecular weight excluding hydrogens is 144 g/mol. The quantitative estimate of drug-likeness (QED) is 0.655. The van der Waals surface area contributed by atoms with Crippen molar-refractivity contribution in [1.82, 2.24) is 4.90 Å². The van der Waals surface area contributed by atoms with E-state index in [1.54, 1.807) is 0 Å². The SMILES string of the molecule is CC1=C(CCN)SCN1C. The molecule has 3 heteroatoms. The van der Waals surface area contributed by atoms with Crippen LogP contribution in [0.25, 0.3) is 0 Å². The molecule has 0 aromatic rings. The summed E-state index contributed by atoms with van der Waals surface area (Å²) in [5.41, 5.74) is 6.85. The summed E-state index contributed by atoms with van der Waals surface area (Å²) in [6.45, 7) is 2.93. The van der Waals surface area contributed by atoms with Crippen molar-refractivity contribution in [3.8, 4) is 0 Å². The zero-order valence-corrected chi connectivity index (χ0v) is 7.37. The van der Waals surface area contributed by atoms with E-state index in [2.05, 4.69) is 18.9 Å². The van der Waals surface area contributed by atoms with Crippen LogP contribution in [-0.4, -0.2) is 24.4 Å². The Labute approximate surface area is 66.5 Å². The number of nitrogens with zero attached hydrogens (tertiary/aromatic N) is 1. The van der Waals surface area contributed by atoms with E-state index >= 15 is 0 Å². The zero-order valence-electron chi connectivity index (χ0n) is 6.55. The highest BCUT2D eigenvalue weighted by molar-refractivity contribution is 8.03. The molecular formula is C7H14N2S. The van der Waals surface area contributed by atoms with Gasteiger partial charge in [-0.15, -0.1) is 11.8 Å². The monoisotopic (exact) mass is 158 g/mol. The van der Waals surface area contributed by atoms with E-state index in [4.69, 9.17) is 5.73 Å². The van der Waals surface area contributed by atoms with Gasteiger partial charge in [-0.25, -0.2) is 0 Å². The van der Waals surface area contributed by atoms with E-state index < -0.39 is 0 Å². The molecule has 0 radical (unpaired) electrons. The Kier molecular flexibility index (Phi) is 2.63. The molecule has 1 heterocycles. The van der Waals surface area contributed by atoms with Gasteiger partial charge in [0, 0.05) is 17.6 Å². The molecule has 0 fully saturated rings. The number of nitrogens with two attached hydrogens (primary N) is 1. The molecule has 1 aliphatic rings. The zero-order chi connectivity index (χ0) is 7.56. The lowest BCUT2D eigenvalue weighted by Gasteiger charge is -2.09. The van der Waals surface area contributed by atoms with E-state index in [1.807, 2.05) is 11.8 Å². The topological polar surface area (TPSA) is 29.3 Å². The lowest BCUT2D eigenvalue weighted by atomic mass is 10.3. The van der Waals surface area contributed by atoms with Crippen molar-refractivity contribution in [2.24, 2.45) is 5.73 Å². The van der Waals surface area contributed by atoms with Crippen molar-refractivity contribution >= 4 is 11.8 Å². The van der Waals surface area contributed by atoms with E-state index in [0.717, 1.165) is 18.8 Å². The van der Waals surface area contributed by atoms with Crippen LogP contribution in [0.4, 0.5) is 0 Å². The molecule has 2 nitrogen and oxygen atoms in total. The molecule has 10 heavy (non-hydrogen) atoms. The lowest BCUT2D eigenvalue weighted by molar-refractivity contribution is 0.501. The van der Waals surface area contributed by atoms with Gasteiger partial charge >= 0.3 is 0 Å². The molecule has 0 aromatic heterocycles. The largest absolute Gasteiger partial charge is 0.368 e. The van der Waals surface area contributed by atoms with Crippen LogP contribution in [-0.2, 0) is 0 Å². The fourth-order valence-corrected chi connectivity index (χ4v) is 2.14. The highest BCUT2D eigenvalue weighted by Crippen LogP contribution is 2.31. The minimum absolute atomic E-state index is 0.771. The second-order valence-electron chi connectivity index (χ2n) is 2.52. The molecule has 0 amide bonds. The summed E-state index contributed by atoms with van der Waals surface area (Å²) < 4.78 is 0. The average Bonchev–Trinajstić information content (AvgIpc) is 2.20. The summed E-state index contributed by atoms with van der Waals surface area (Å²) >= 11 is 1.91. The summed E-state index contributed by atoms with van der Waals surface area (Å²) in [7, 11) is 2.12. The highest BCUT2D eigenvalue weighted by Gasteiger charge is 2.14. The molecule has 1 aliphatic heterocycles. The first-order chi connectivity index (χ1) is 4.75. The molecule has 0 saturated carbocycles. The number of hydrogen-bond donors (Lipinski definition) is 1. The maximum absolute atomic E-state index is 5.45. The maximum atomic E-state index is 5.45. The van der Waals surface area contributed by atoms with Crippen molar-refractivity contribution in [2.75, 3.05) is 19.5 Å². The summed E-state index contributed by atoms with van der Waals surface area (Å²) in [6.07, 6.45) is 1.04. The molecule has 0 aromatic carbocycles. The molecule has 58 valence electrons. The molecule has 0 saturated heterocycles. The van der Waals surface area contributed by atoms with Gasteiger partial charge < -0.3 is 10.6 Å². The third kappa shape index (κ3) is 1.47. The van der Waals surface area contributed by atoms with Gasteiger partial charge in [-0.1, -0.05) is 0 Å². The van der Waals surface area contributed by atoms with E-state index in [0.29, 0.717) is 0 Å². The van der Waals surface area contributed by atoms with Crippen molar-refractivity contribution in [1.29, 1.82) is 0 Å². The standard InChI is InChI=1S/C7H14N2S/c1-6-7(3-4-8)10-5-9(6)2/h3-5,8H2,1-2H3. The first kappa shape index (κ1) is 7.95. The van der Waals surface area contributed by atoms with Gasteiger partial charge in [-0.05, 0) is 19.9 Å². The average molecular weight is 158 g/mol. The van der Waals surface area contributed by atoms with Gasteiger partial charge in [-0.2, -0.15) is 0 Å². The molecule has 2 N–H and O–H groups in total. The Bertz CT molecular complexity index is 154. The molecule has 0 spiro atoms. The Hall–Kier alpha value is -0.150. The number of thioether (sulfide) groups is 1. The minimum Gasteiger partial charge on any atom is -0.368 e. The highest BCUT2D eigenvalue weighted by atomic mass is 32.2. The molecule has 0 unspecified atom stereocenters. The summed E-state index contributed by atoms with van der Waals surface area (Å²) in [5.74, 6) is 1.10. The van der Waals surface area contributed by atoms with Crippen LogP contribution >= 0.6 is 11.8 Å². The fourth-order valence-electron chi connectivity index (χ4n) is 0.973. The van der Waals surface area contributed by atoms with Gasteiger partial charge in [0.25, 0.3) is 0 Å². The van der Waals surface area contributed by atoms with E-state index in [-0.39, 0.29) is 0 Å². The van der Waals surface area contributed by atoms with Crippen LogP contribution < -0.4 is 5.73 Å². The fraction of sp³-hybridized carbons (Fsp3) is 0.714. The van der Waals surface area contributed by atoms with Crippen LogP contribution in [0.2, 0.25) is 0 Å². The van der Waals surface area contributed by atoms with Crippen molar-refractivity contribution in [2.45, 2.75) is 13.3 Å². The number of hydrogen-bond acceptors (Lipinski definition) is 3. The van der Waals surface area contributed by atoms with E-state index in [1.165, 1.54) is 10.6 Å².